The normalized spacial score (nSPS) is 14.6. The molecule has 0 spiro atoms. The molecule has 10 heteroatoms. The molecule has 6 nitrogen and oxygen atoms in total. The van der Waals surface area contributed by atoms with Crippen LogP contribution in [-0.2, 0) is 0 Å². The van der Waals surface area contributed by atoms with Crippen molar-refractivity contribution in [3.63, 3.8) is 0 Å². The summed E-state index contributed by atoms with van der Waals surface area (Å²) in [6.45, 7) is 6.81. The summed E-state index contributed by atoms with van der Waals surface area (Å²) in [5.41, 5.74) is 6.95. The second kappa shape index (κ2) is 12.9. The topological polar surface area (TPSA) is 93.0 Å². The van der Waals surface area contributed by atoms with Crippen LogP contribution in [0.25, 0.3) is 11.1 Å². The molecule has 0 fully saturated rings. The predicted octanol–water partition coefficient (Wildman–Crippen LogP) is 6.80. The average molecular weight is 519 g/mol. The molecule has 0 aliphatic heterocycles. The maximum absolute atomic E-state index is 13.6. The summed E-state index contributed by atoms with van der Waals surface area (Å²) >= 11 is 0. The van der Waals surface area contributed by atoms with Crippen molar-refractivity contribution < 1.29 is 27.0 Å². The fourth-order valence-electron chi connectivity index (χ4n) is 3.63. The zero-order valence-corrected chi connectivity index (χ0v) is 21.4. The quantitative estimate of drug-likeness (QED) is 0.162. The number of nitriles is 1. The number of nitrogens with zero attached hydrogens (tertiary/aromatic N) is 3. The summed E-state index contributed by atoms with van der Waals surface area (Å²) in [6, 6.07) is 8.05. The molecule has 2 aromatic carbocycles. The molecular formula is C27H30F4N4O2. The van der Waals surface area contributed by atoms with Crippen molar-refractivity contribution in [2.75, 3.05) is 7.11 Å². The number of methoxy groups -OCH3 is 1. The molecule has 2 rings (SSSR count). The first-order valence-electron chi connectivity index (χ1n) is 11.7. The molecular weight excluding hydrogens is 488 g/mol. The smallest absolute Gasteiger partial charge is 0.433 e. The van der Waals surface area contributed by atoms with Crippen LogP contribution < -0.4 is 15.2 Å². The van der Waals surface area contributed by atoms with E-state index in [2.05, 4.69) is 9.98 Å². The molecule has 0 aromatic heterocycles. The number of amidine groups is 1. The minimum Gasteiger partial charge on any atom is -0.493 e. The van der Waals surface area contributed by atoms with Crippen LogP contribution in [0.1, 0.15) is 46.1 Å². The molecule has 2 atom stereocenters. The van der Waals surface area contributed by atoms with Gasteiger partial charge in [-0.2, -0.15) is 13.2 Å². The fourth-order valence-corrected chi connectivity index (χ4v) is 3.63. The second-order valence-corrected chi connectivity index (χ2v) is 8.29. The Hall–Kier alpha value is -3.87. The Labute approximate surface area is 214 Å². The van der Waals surface area contributed by atoms with Gasteiger partial charge in [-0.15, -0.1) is 5.26 Å². The maximum Gasteiger partial charge on any atom is 0.433 e. The largest absolute Gasteiger partial charge is 0.493 e. The maximum atomic E-state index is 13.6. The molecule has 2 aromatic rings. The van der Waals surface area contributed by atoms with E-state index in [1.54, 1.807) is 51.3 Å². The van der Waals surface area contributed by atoms with Gasteiger partial charge in [0.15, 0.2) is 11.5 Å². The Bertz CT molecular complexity index is 1210. The highest BCUT2D eigenvalue weighted by molar-refractivity contribution is 6.04. The van der Waals surface area contributed by atoms with Crippen molar-refractivity contribution in [3.05, 3.63) is 59.6 Å². The summed E-state index contributed by atoms with van der Waals surface area (Å²) in [4.78, 5) is 8.41. The Balaban J connectivity index is 2.68. The summed E-state index contributed by atoms with van der Waals surface area (Å²) in [5, 5.41) is 9.18. The molecule has 198 valence electrons. The van der Waals surface area contributed by atoms with E-state index >= 15 is 0 Å². The van der Waals surface area contributed by atoms with E-state index in [1.807, 2.05) is 6.92 Å². The number of ether oxygens (including phenoxy) is 2. The number of hydrogen-bond acceptors (Lipinski definition) is 5. The number of hydrogen-bond donors (Lipinski definition) is 1. The Kier molecular flexibility index (Phi) is 10.2. The van der Waals surface area contributed by atoms with Gasteiger partial charge in [0.1, 0.15) is 17.3 Å². The molecule has 0 radical (unpaired) electrons. The number of nitrogens with two attached hydrogens (primary N) is 1. The van der Waals surface area contributed by atoms with Crippen LogP contribution in [0.15, 0.2) is 58.2 Å². The lowest BCUT2D eigenvalue weighted by Crippen LogP contribution is -2.28. The lowest BCUT2D eigenvalue weighted by Gasteiger charge is -2.20. The molecule has 0 bridgehead atoms. The van der Waals surface area contributed by atoms with Crippen LogP contribution in [0, 0.1) is 23.3 Å². The minimum atomic E-state index is -4.62. The van der Waals surface area contributed by atoms with E-state index in [0.29, 0.717) is 17.5 Å². The number of benzene rings is 2. The molecule has 2 unspecified atom stereocenters. The number of rotatable bonds is 10. The minimum absolute atomic E-state index is 0.00630. The van der Waals surface area contributed by atoms with Crippen molar-refractivity contribution in [1.29, 1.82) is 5.26 Å². The van der Waals surface area contributed by atoms with Gasteiger partial charge in [0.05, 0.1) is 18.7 Å². The van der Waals surface area contributed by atoms with Gasteiger partial charge < -0.3 is 15.2 Å². The standard InChI is InChI=1S/C27H30F4N4O2/c1-6-8-23(27(29,30)31)35-24(16(3)7-2)17(4)34-26(33)21-13-19(18-9-11-20(28)12-10-18)14-22(36-5)25(21)37-15-32/h8-14,16-17H,6-7H2,1-5H3,(H2,33,34)/b23-8-,35-24?. The van der Waals surface area contributed by atoms with Gasteiger partial charge in [-0.25, -0.2) is 4.39 Å². The Morgan fingerprint density at radius 3 is 2.30 bits per heavy atom. The third-order valence-corrected chi connectivity index (χ3v) is 5.69. The summed E-state index contributed by atoms with van der Waals surface area (Å²) in [7, 11) is 1.38. The van der Waals surface area contributed by atoms with Gasteiger partial charge in [0.25, 0.3) is 6.26 Å². The molecule has 0 amide bonds. The molecule has 2 N–H and O–H groups in total. The van der Waals surface area contributed by atoms with E-state index in [9.17, 15) is 22.8 Å². The lowest BCUT2D eigenvalue weighted by molar-refractivity contribution is -0.0926. The molecule has 0 saturated carbocycles. The highest BCUT2D eigenvalue weighted by Gasteiger charge is 2.34. The second-order valence-electron chi connectivity index (χ2n) is 8.29. The van der Waals surface area contributed by atoms with Gasteiger partial charge in [-0.3, -0.25) is 9.98 Å². The van der Waals surface area contributed by atoms with Crippen LogP contribution >= 0.6 is 0 Å². The van der Waals surface area contributed by atoms with E-state index in [0.717, 1.165) is 6.08 Å². The van der Waals surface area contributed by atoms with Gasteiger partial charge in [-0.1, -0.05) is 39.0 Å². The first-order chi connectivity index (χ1) is 17.5. The van der Waals surface area contributed by atoms with Crippen LogP contribution in [0.3, 0.4) is 0 Å². The van der Waals surface area contributed by atoms with Crippen molar-refractivity contribution >= 4 is 11.5 Å². The van der Waals surface area contributed by atoms with Crippen molar-refractivity contribution in [1.82, 2.24) is 0 Å². The summed E-state index contributed by atoms with van der Waals surface area (Å²) < 4.78 is 64.6. The third-order valence-electron chi connectivity index (χ3n) is 5.69. The fraction of sp³-hybridized carbons (Fsp3) is 0.370. The Morgan fingerprint density at radius 2 is 1.78 bits per heavy atom. The van der Waals surface area contributed by atoms with Gasteiger partial charge >= 0.3 is 6.18 Å². The molecule has 37 heavy (non-hydrogen) atoms. The average Bonchev–Trinajstić information content (AvgIpc) is 2.85. The van der Waals surface area contributed by atoms with Crippen LogP contribution in [0.4, 0.5) is 17.6 Å². The molecule has 0 aliphatic carbocycles. The number of halogens is 4. The first-order valence-corrected chi connectivity index (χ1v) is 11.7. The molecule has 0 saturated heterocycles. The number of aliphatic imine (C=N–C) groups is 2. The van der Waals surface area contributed by atoms with E-state index in [4.69, 9.17) is 15.2 Å². The number of alkyl halides is 3. The summed E-state index contributed by atoms with van der Waals surface area (Å²) in [5.74, 6) is -0.658. The summed E-state index contributed by atoms with van der Waals surface area (Å²) in [6.07, 6.45) is -1.31. The van der Waals surface area contributed by atoms with Gasteiger partial charge in [-0.05, 0) is 61.1 Å². The van der Waals surface area contributed by atoms with Crippen LogP contribution in [0.2, 0.25) is 0 Å². The zero-order valence-electron chi connectivity index (χ0n) is 21.4. The SMILES string of the molecule is CC/C=C(\N=C(C(C)CC)C(C)N=C(N)c1cc(-c2ccc(F)cc2)cc(OC)c1OC#N)C(F)(F)F. The lowest BCUT2D eigenvalue weighted by atomic mass is 9.96. The third kappa shape index (κ3) is 7.56. The zero-order chi connectivity index (χ0) is 27.8. The van der Waals surface area contributed by atoms with E-state index in [1.165, 1.54) is 19.2 Å². The van der Waals surface area contributed by atoms with Crippen molar-refractivity contribution in [2.24, 2.45) is 21.6 Å². The van der Waals surface area contributed by atoms with Gasteiger partial charge in [0.2, 0.25) is 0 Å². The molecule has 0 heterocycles. The highest BCUT2D eigenvalue weighted by Crippen LogP contribution is 2.37. The van der Waals surface area contributed by atoms with E-state index in [-0.39, 0.29) is 40.9 Å². The number of allylic oxidation sites excluding steroid dienone is 2. The predicted molar refractivity (Wildman–Crippen MR) is 136 cm³/mol. The van der Waals surface area contributed by atoms with Gasteiger partial charge in [0, 0.05) is 5.71 Å². The highest BCUT2D eigenvalue weighted by atomic mass is 19.4. The van der Waals surface area contributed by atoms with Crippen molar-refractivity contribution in [2.45, 2.75) is 52.8 Å². The van der Waals surface area contributed by atoms with Crippen LogP contribution in [0.5, 0.6) is 11.5 Å². The molecule has 0 aliphatic rings. The monoisotopic (exact) mass is 518 g/mol. The Morgan fingerprint density at radius 1 is 1.14 bits per heavy atom. The van der Waals surface area contributed by atoms with Crippen molar-refractivity contribution in [3.8, 4) is 28.9 Å². The van der Waals surface area contributed by atoms with E-state index < -0.39 is 23.7 Å². The van der Waals surface area contributed by atoms with Crippen LogP contribution in [-0.4, -0.2) is 30.9 Å². The first kappa shape index (κ1) is 29.4.